The summed E-state index contributed by atoms with van der Waals surface area (Å²) in [7, 11) is 0. The lowest BCUT2D eigenvalue weighted by atomic mass is 9.82. The zero-order valence-electron chi connectivity index (χ0n) is 14.8. The lowest BCUT2D eigenvalue weighted by Crippen LogP contribution is -2.42. The van der Waals surface area contributed by atoms with Gasteiger partial charge in [-0.25, -0.2) is 0 Å². The van der Waals surface area contributed by atoms with E-state index < -0.39 is 0 Å². The van der Waals surface area contributed by atoms with E-state index in [2.05, 4.69) is 31.0 Å². The van der Waals surface area contributed by atoms with Crippen molar-refractivity contribution in [3.8, 4) is 0 Å². The summed E-state index contributed by atoms with van der Waals surface area (Å²) in [5, 5.41) is 3.86. The van der Waals surface area contributed by atoms with Crippen LogP contribution in [0, 0.1) is 11.3 Å². The van der Waals surface area contributed by atoms with Gasteiger partial charge in [-0.2, -0.15) is 0 Å². The van der Waals surface area contributed by atoms with Gasteiger partial charge in [-0.15, -0.1) is 0 Å². The third kappa shape index (κ3) is 4.69. The van der Waals surface area contributed by atoms with Gasteiger partial charge in [0.1, 0.15) is 0 Å². The molecule has 0 aromatic carbocycles. The Morgan fingerprint density at radius 2 is 1.81 bits per heavy atom. The van der Waals surface area contributed by atoms with Gasteiger partial charge in [0.2, 0.25) is 0 Å². The van der Waals surface area contributed by atoms with Gasteiger partial charge in [0, 0.05) is 19.1 Å². The summed E-state index contributed by atoms with van der Waals surface area (Å²) in [4.78, 5) is 2.80. The fraction of sp³-hybridized carbons (Fsp3) is 1.00. The van der Waals surface area contributed by atoms with Crippen LogP contribution in [-0.2, 0) is 0 Å². The Morgan fingerprint density at radius 1 is 1.05 bits per heavy atom. The molecule has 1 N–H and O–H groups in total. The Hall–Kier alpha value is -0.0800. The first-order valence-corrected chi connectivity index (χ1v) is 9.68. The maximum Gasteiger partial charge on any atom is 0.0107 e. The van der Waals surface area contributed by atoms with Gasteiger partial charge >= 0.3 is 0 Å². The van der Waals surface area contributed by atoms with E-state index in [-0.39, 0.29) is 0 Å². The van der Waals surface area contributed by atoms with Crippen molar-refractivity contribution in [2.24, 2.45) is 11.3 Å². The van der Waals surface area contributed by atoms with Gasteiger partial charge in [-0.1, -0.05) is 40.0 Å². The maximum absolute atomic E-state index is 3.86. The Kier molecular flexibility index (Phi) is 7.01. The smallest absolute Gasteiger partial charge is 0.0107 e. The van der Waals surface area contributed by atoms with Crippen LogP contribution >= 0.6 is 0 Å². The molecule has 2 fully saturated rings. The highest BCUT2D eigenvalue weighted by Crippen LogP contribution is 2.38. The van der Waals surface area contributed by atoms with Crippen molar-refractivity contribution in [2.75, 3.05) is 26.2 Å². The van der Waals surface area contributed by atoms with E-state index in [9.17, 15) is 0 Å². The van der Waals surface area contributed by atoms with Crippen molar-refractivity contribution < 1.29 is 0 Å². The van der Waals surface area contributed by atoms with E-state index in [1.165, 1.54) is 84.0 Å². The summed E-state index contributed by atoms with van der Waals surface area (Å²) in [5.41, 5.74) is 0.636. The molecule has 1 aliphatic carbocycles. The third-order valence-corrected chi connectivity index (χ3v) is 6.33. The van der Waals surface area contributed by atoms with E-state index in [1.54, 1.807) is 0 Å². The van der Waals surface area contributed by atoms with Crippen molar-refractivity contribution in [2.45, 2.75) is 84.6 Å². The van der Waals surface area contributed by atoms with Gasteiger partial charge < -0.3 is 10.2 Å². The molecule has 0 radical (unpaired) electrons. The van der Waals surface area contributed by atoms with Crippen molar-refractivity contribution in [3.05, 3.63) is 0 Å². The molecule has 1 saturated carbocycles. The molecule has 2 heteroatoms. The topological polar surface area (TPSA) is 15.3 Å². The molecule has 2 aliphatic rings. The van der Waals surface area contributed by atoms with Crippen molar-refractivity contribution in [1.82, 2.24) is 10.2 Å². The zero-order chi connectivity index (χ0) is 15.1. The predicted molar refractivity (Wildman–Crippen MR) is 92.7 cm³/mol. The second kappa shape index (κ2) is 8.53. The molecule has 2 rings (SSSR count). The van der Waals surface area contributed by atoms with Crippen LogP contribution in [0.25, 0.3) is 0 Å². The SMILES string of the molecule is CCCNC1CCCCCC1CN1CCC(CC)(CC)C1. The molecule has 124 valence electrons. The van der Waals surface area contributed by atoms with Crippen LogP contribution in [0.15, 0.2) is 0 Å². The van der Waals surface area contributed by atoms with Gasteiger partial charge in [0.15, 0.2) is 0 Å². The molecule has 2 nitrogen and oxygen atoms in total. The Bertz CT molecular complexity index is 285. The van der Waals surface area contributed by atoms with Crippen molar-refractivity contribution in [1.29, 1.82) is 0 Å². The molecule has 21 heavy (non-hydrogen) atoms. The highest BCUT2D eigenvalue weighted by Gasteiger charge is 2.36. The number of nitrogens with zero attached hydrogens (tertiary/aromatic N) is 1. The zero-order valence-corrected chi connectivity index (χ0v) is 14.8. The average molecular weight is 295 g/mol. The molecular weight excluding hydrogens is 256 g/mol. The fourth-order valence-corrected chi connectivity index (χ4v) is 4.54. The van der Waals surface area contributed by atoms with Crippen LogP contribution in [0.4, 0.5) is 0 Å². The van der Waals surface area contributed by atoms with Crippen molar-refractivity contribution >= 4 is 0 Å². The van der Waals surface area contributed by atoms with Crippen LogP contribution in [0.5, 0.6) is 0 Å². The summed E-state index contributed by atoms with van der Waals surface area (Å²) >= 11 is 0. The lowest BCUT2D eigenvalue weighted by molar-refractivity contribution is 0.192. The normalized spacial score (nSPS) is 30.4. The molecule has 1 saturated heterocycles. The standard InChI is InChI=1S/C19H38N2/c1-4-13-20-18-11-9-7-8-10-17(18)15-21-14-12-19(5-2,6-3)16-21/h17-18,20H,4-16H2,1-3H3. The third-order valence-electron chi connectivity index (χ3n) is 6.33. The van der Waals surface area contributed by atoms with Crippen LogP contribution < -0.4 is 5.32 Å². The molecule has 0 bridgehead atoms. The van der Waals surface area contributed by atoms with E-state index in [1.807, 2.05) is 0 Å². The molecule has 2 unspecified atom stereocenters. The Balaban J connectivity index is 1.89. The molecule has 0 spiro atoms. The van der Waals surface area contributed by atoms with Gasteiger partial charge in [0.25, 0.3) is 0 Å². The minimum absolute atomic E-state index is 0.636. The number of rotatable bonds is 7. The molecule has 0 aromatic heterocycles. The lowest BCUT2D eigenvalue weighted by Gasteiger charge is -2.32. The van der Waals surface area contributed by atoms with Gasteiger partial charge in [-0.05, 0) is 62.9 Å². The highest BCUT2D eigenvalue weighted by atomic mass is 15.2. The summed E-state index contributed by atoms with van der Waals surface area (Å²) in [6.45, 7) is 12.3. The van der Waals surface area contributed by atoms with Crippen molar-refractivity contribution in [3.63, 3.8) is 0 Å². The number of hydrogen-bond donors (Lipinski definition) is 1. The summed E-state index contributed by atoms with van der Waals surface area (Å²) in [6, 6.07) is 0.783. The number of nitrogens with one attached hydrogen (secondary N) is 1. The molecule has 1 aliphatic heterocycles. The molecule has 0 amide bonds. The minimum Gasteiger partial charge on any atom is -0.314 e. The van der Waals surface area contributed by atoms with Gasteiger partial charge in [0.05, 0.1) is 0 Å². The van der Waals surface area contributed by atoms with Crippen LogP contribution in [-0.4, -0.2) is 37.1 Å². The fourth-order valence-electron chi connectivity index (χ4n) is 4.54. The molecule has 0 aromatic rings. The first-order chi connectivity index (χ1) is 10.2. The van der Waals surface area contributed by atoms with E-state index >= 15 is 0 Å². The highest BCUT2D eigenvalue weighted by molar-refractivity contribution is 4.90. The number of hydrogen-bond acceptors (Lipinski definition) is 2. The maximum atomic E-state index is 3.86. The molecule has 1 heterocycles. The van der Waals surface area contributed by atoms with E-state index in [0.29, 0.717) is 5.41 Å². The van der Waals surface area contributed by atoms with Gasteiger partial charge in [-0.3, -0.25) is 0 Å². The number of likely N-dealkylation sites (tertiary alicyclic amines) is 1. The predicted octanol–water partition coefficient (Wildman–Crippen LogP) is 4.45. The molecular formula is C19H38N2. The summed E-state index contributed by atoms with van der Waals surface area (Å²) < 4.78 is 0. The van der Waals surface area contributed by atoms with Crippen LogP contribution in [0.3, 0.4) is 0 Å². The first-order valence-electron chi connectivity index (χ1n) is 9.68. The first kappa shape index (κ1) is 17.3. The minimum atomic E-state index is 0.636. The Morgan fingerprint density at radius 3 is 2.48 bits per heavy atom. The van der Waals surface area contributed by atoms with Crippen LogP contribution in [0.1, 0.15) is 78.6 Å². The summed E-state index contributed by atoms with van der Waals surface area (Å²) in [5.74, 6) is 0.892. The second-order valence-electron chi connectivity index (χ2n) is 7.65. The summed E-state index contributed by atoms with van der Waals surface area (Å²) in [6.07, 6.45) is 12.6. The largest absolute Gasteiger partial charge is 0.314 e. The average Bonchev–Trinajstić information content (AvgIpc) is 2.80. The monoisotopic (exact) mass is 294 g/mol. The van der Waals surface area contributed by atoms with E-state index in [0.717, 1.165) is 12.0 Å². The van der Waals surface area contributed by atoms with E-state index in [4.69, 9.17) is 0 Å². The Labute approximate surface area is 133 Å². The molecule has 2 atom stereocenters. The quantitative estimate of drug-likeness (QED) is 0.698. The second-order valence-corrected chi connectivity index (χ2v) is 7.65. The van der Waals surface area contributed by atoms with Crippen LogP contribution in [0.2, 0.25) is 0 Å².